The summed E-state index contributed by atoms with van der Waals surface area (Å²) in [5.74, 6) is 0. The normalized spacial score (nSPS) is 13.7. The number of aryl methyl sites for hydroxylation is 1. The van der Waals surface area contributed by atoms with Crippen LogP contribution in [0.4, 0.5) is 5.69 Å². The molecule has 0 saturated heterocycles. The van der Waals surface area contributed by atoms with E-state index < -0.39 is 0 Å². The molecule has 1 unspecified atom stereocenters. The van der Waals surface area contributed by atoms with E-state index in [1.807, 2.05) is 31.3 Å². The van der Waals surface area contributed by atoms with Crippen molar-refractivity contribution in [1.29, 1.82) is 0 Å². The Kier molecular flexibility index (Phi) is 4.65. The summed E-state index contributed by atoms with van der Waals surface area (Å²) >= 11 is 0. The van der Waals surface area contributed by atoms with Crippen LogP contribution in [0.25, 0.3) is 0 Å². The molecule has 2 rings (SSSR count). The molecule has 1 aromatic heterocycles. The van der Waals surface area contributed by atoms with Crippen LogP contribution in [0.2, 0.25) is 0 Å². The molecule has 2 aromatic rings. The Balaban J connectivity index is 2.15. The van der Waals surface area contributed by atoms with Crippen molar-refractivity contribution in [2.75, 3.05) is 0 Å². The molecule has 5 heteroatoms. The fourth-order valence-electron chi connectivity index (χ4n) is 2.29. The zero-order valence-electron chi connectivity index (χ0n) is 12.4. The van der Waals surface area contributed by atoms with Gasteiger partial charge in [-0.15, -0.1) is 0 Å². The molecule has 0 amide bonds. The average molecular weight is 285 g/mol. The van der Waals surface area contributed by atoms with Gasteiger partial charge < -0.3 is 5.32 Å². The van der Waals surface area contributed by atoms with E-state index in [1.54, 1.807) is 25.3 Å². The first-order valence-corrected chi connectivity index (χ1v) is 6.90. The first-order chi connectivity index (χ1) is 9.99. The van der Waals surface area contributed by atoms with Crippen molar-refractivity contribution in [3.63, 3.8) is 0 Å². The van der Waals surface area contributed by atoms with Gasteiger partial charge in [-0.1, -0.05) is 18.2 Å². The van der Waals surface area contributed by atoms with Crippen LogP contribution in [0.1, 0.15) is 42.6 Å². The molecule has 2 atom stereocenters. The lowest BCUT2D eigenvalue weighted by Gasteiger charge is -2.20. The SMILES string of the molecule is Cc1ccc(C(C)N[C@@H](C)c2cccnc2)cc1[N+](=O)[O-]. The van der Waals surface area contributed by atoms with Gasteiger partial charge in [-0.2, -0.15) is 0 Å². The molecule has 1 aromatic carbocycles. The standard InChI is InChI=1S/C16H19N3O2/c1-11-6-7-14(9-16(11)19(20)21)12(2)18-13(3)15-5-4-8-17-10-15/h4-10,12-13,18H,1-3H3/t12?,13-/m0/s1. The molecule has 0 aliphatic carbocycles. The number of hydrogen-bond donors (Lipinski definition) is 1. The Morgan fingerprint density at radius 2 is 1.90 bits per heavy atom. The molecule has 21 heavy (non-hydrogen) atoms. The maximum absolute atomic E-state index is 11.0. The third kappa shape index (κ3) is 3.64. The van der Waals surface area contributed by atoms with Crippen LogP contribution < -0.4 is 5.32 Å². The molecular formula is C16H19N3O2. The van der Waals surface area contributed by atoms with Gasteiger partial charge in [-0.05, 0) is 38.0 Å². The lowest BCUT2D eigenvalue weighted by molar-refractivity contribution is -0.385. The van der Waals surface area contributed by atoms with Gasteiger partial charge in [0.15, 0.2) is 0 Å². The van der Waals surface area contributed by atoms with Crippen LogP contribution >= 0.6 is 0 Å². The van der Waals surface area contributed by atoms with Gasteiger partial charge in [0.25, 0.3) is 5.69 Å². The third-order valence-corrected chi connectivity index (χ3v) is 3.61. The van der Waals surface area contributed by atoms with Gasteiger partial charge in [0.1, 0.15) is 0 Å². The van der Waals surface area contributed by atoms with Crippen LogP contribution in [-0.4, -0.2) is 9.91 Å². The topological polar surface area (TPSA) is 68.1 Å². The van der Waals surface area contributed by atoms with Crippen LogP contribution in [0.15, 0.2) is 42.7 Å². The van der Waals surface area contributed by atoms with Crippen molar-refractivity contribution in [3.8, 4) is 0 Å². The van der Waals surface area contributed by atoms with E-state index >= 15 is 0 Å². The van der Waals surface area contributed by atoms with Gasteiger partial charge in [0.05, 0.1) is 4.92 Å². The third-order valence-electron chi connectivity index (χ3n) is 3.61. The van der Waals surface area contributed by atoms with Gasteiger partial charge in [-0.3, -0.25) is 15.1 Å². The summed E-state index contributed by atoms with van der Waals surface area (Å²) in [6, 6.07) is 9.40. The van der Waals surface area contributed by atoms with Crippen molar-refractivity contribution >= 4 is 5.69 Å². The molecule has 0 radical (unpaired) electrons. The van der Waals surface area contributed by atoms with E-state index in [2.05, 4.69) is 17.2 Å². The fraction of sp³-hybridized carbons (Fsp3) is 0.312. The molecule has 0 saturated carbocycles. The van der Waals surface area contributed by atoms with E-state index in [0.717, 1.165) is 11.1 Å². The summed E-state index contributed by atoms with van der Waals surface area (Å²) in [5.41, 5.74) is 2.83. The Bertz CT molecular complexity index is 629. The number of rotatable bonds is 5. The summed E-state index contributed by atoms with van der Waals surface area (Å²) < 4.78 is 0. The van der Waals surface area contributed by atoms with Crippen molar-refractivity contribution < 1.29 is 4.92 Å². The Morgan fingerprint density at radius 1 is 1.19 bits per heavy atom. The molecule has 0 aliphatic rings. The van der Waals surface area contributed by atoms with Gasteiger partial charge in [0, 0.05) is 36.1 Å². The molecule has 0 bridgehead atoms. The van der Waals surface area contributed by atoms with Crippen molar-refractivity contribution in [2.45, 2.75) is 32.9 Å². The van der Waals surface area contributed by atoms with Crippen LogP contribution in [-0.2, 0) is 0 Å². The van der Waals surface area contributed by atoms with Crippen LogP contribution in [0, 0.1) is 17.0 Å². The van der Waals surface area contributed by atoms with E-state index in [1.165, 1.54) is 0 Å². The van der Waals surface area contributed by atoms with Crippen molar-refractivity contribution in [1.82, 2.24) is 10.3 Å². The predicted octanol–water partition coefficient (Wildman–Crippen LogP) is 3.71. The highest BCUT2D eigenvalue weighted by Gasteiger charge is 2.16. The quantitative estimate of drug-likeness (QED) is 0.671. The largest absolute Gasteiger partial charge is 0.304 e. The minimum atomic E-state index is -0.337. The van der Waals surface area contributed by atoms with Crippen molar-refractivity contribution in [2.24, 2.45) is 0 Å². The molecule has 110 valence electrons. The molecular weight excluding hydrogens is 266 g/mol. The van der Waals surface area contributed by atoms with Gasteiger partial charge in [-0.25, -0.2) is 0 Å². The van der Waals surface area contributed by atoms with E-state index in [4.69, 9.17) is 0 Å². The minimum absolute atomic E-state index is 0.0134. The van der Waals surface area contributed by atoms with Crippen LogP contribution in [0.3, 0.4) is 0 Å². The number of pyridine rings is 1. The highest BCUT2D eigenvalue weighted by molar-refractivity contribution is 5.43. The smallest absolute Gasteiger partial charge is 0.272 e. The number of benzene rings is 1. The summed E-state index contributed by atoms with van der Waals surface area (Å²) in [5, 5.41) is 14.5. The average Bonchev–Trinajstić information content (AvgIpc) is 2.48. The van der Waals surface area contributed by atoms with Gasteiger partial charge >= 0.3 is 0 Å². The number of nitrogens with zero attached hydrogens (tertiary/aromatic N) is 2. The molecule has 0 aliphatic heterocycles. The predicted molar refractivity (Wildman–Crippen MR) is 82.0 cm³/mol. The van der Waals surface area contributed by atoms with Crippen LogP contribution in [0.5, 0.6) is 0 Å². The minimum Gasteiger partial charge on any atom is -0.304 e. The number of aromatic nitrogens is 1. The Morgan fingerprint density at radius 3 is 2.52 bits per heavy atom. The van der Waals surface area contributed by atoms with E-state index in [9.17, 15) is 10.1 Å². The second kappa shape index (κ2) is 6.45. The first kappa shape index (κ1) is 15.1. The summed E-state index contributed by atoms with van der Waals surface area (Å²) in [6.45, 7) is 5.80. The monoisotopic (exact) mass is 285 g/mol. The molecule has 1 N–H and O–H groups in total. The zero-order valence-corrected chi connectivity index (χ0v) is 12.4. The fourth-order valence-corrected chi connectivity index (χ4v) is 2.29. The second-order valence-electron chi connectivity index (χ2n) is 5.20. The summed E-state index contributed by atoms with van der Waals surface area (Å²) in [7, 11) is 0. The Hall–Kier alpha value is -2.27. The molecule has 0 fully saturated rings. The number of nitro benzene ring substituents is 1. The second-order valence-corrected chi connectivity index (χ2v) is 5.20. The van der Waals surface area contributed by atoms with Gasteiger partial charge in [0.2, 0.25) is 0 Å². The maximum Gasteiger partial charge on any atom is 0.272 e. The Labute approximate surface area is 124 Å². The number of hydrogen-bond acceptors (Lipinski definition) is 4. The zero-order chi connectivity index (χ0) is 15.4. The lowest BCUT2D eigenvalue weighted by atomic mass is 10.0. The first-order valence-electron chi connectivity index (χ1n) is 6.90. The summed E-state index contributed by atoms with van der Waals surface area (Å²) in [6.07, 6.45) is 3.56. The highest BCUT2D eigenvalue weighted by atomic mass is 16.6. The molecule has 1 heterocycles. The van der Waals surface area contributed by atoms with Crippen molar-refractivity contribution in [3.05, 3.63) is 69.5 Å². The highest BCUT2D eigenvalue weighted by Crippen LogP contribution is 2.25. The molecule has 0 spiro atoms. The summed E-state index contributed by atoms with van der Waals surface area (Å²) in [4.78, 5) is 14.8. The number of nitrogens with one attached hydrogen (secondary N) is 1. The van der Waals surface area contributed by atoms with E-state index in [-0.39, 0.29) is 22.7 Å². The number of nitro groups is 1. The maximum atomic E-state index is 11.0. The van der Waals surface area contributed by atoms with E-state index in [0.29, 0.717) is 5.56 Å². The lowest BCUT2D eigenvalue weighted by Crippen LogP contribution is -2.22. The molecule has 5 nitrogen and oxygen atoms in total.